The number of hydrogen-bond donors (Lipinski definition) is 2. The normalized spacial score (nSPS) is 10.9. The SMILES string of the molecule is CC(=NNC(=O)C(N)=O)c1ccc(C)c([N+](=O)[O-])c1. The molecule has 0 spiro atoms. The summed E-state index contributed by atoms with van der Waals surface area (Å²) in [7, 11) is 0. The molecule has 0 fully saturated rings. The van der Waals surface area contributed by atoms with Crippen LogP contribution >= 0.6 is 0 Å². The molecule has 0 unspecified atom stereocenters. The lowest BCUT2D eigenvalue weighted by molar-refractivity contribution is -0.385. The summed E-state index contributed by atoms with van der Waals surface area (Å²) in [5, 5.41) is 14.4. The summed E-state index contributed by atoms with van der Waals surface area (Å²) in [6, 6.07) is 4.53. The standard InChI is InChI=1S/C11H12N4O4/c1-6-3-4-8(5-9(6)15(18)19)7(2)13-14-11(17)10(12)16/h3-5H,1-2H3,(H2,12,16)(H,14,17). The molecule has 0 aromatic heterocycles. The number of amides is 2. The third-order valence-electron chi connectivity index (χ3n) is 2.37. The first-order chi connectivity index (χ1) is 8.82. The lowest BCUT2D eigenvalue weighted by Crippen LogP contribution is -2.33. The number of nitrogens with zero attached hydrogens (tertiary/aromatic N) is 2. The van der Waals surface area contributed by atoms with Crippen LogP contribution in [0.15, 0.2) is 23.3 Å². The topological polar surface area (TPSA) is 128 Å². The van der Waals surface area contributed by atoms with Crippen LogP contribution < -0.4 is 11.2 Å². The van der Waals surface area contributed by atoms with Crippen molar-refractivity contribution in [1.82, 2.24) is 5.43 Å². The summed E-state index contributed by atoms with van der Waals surface area (Å²) < 4.78 is 0. The number of hydrazone groups is 1. The number of nitro groups is 1. The zero-order valence-electron chi connectivity index (χ0n) is 10.3. The highest BCUT2D eigenvalue weighted by Gasteiger charge is 2.12. The van der Waals surface area contributed by atoms with E-state index in [0.717, 1.165) is 0 Å². The van der Waals surface area contributed by atoms with E-state index >= 15 is 0 Å². The molecule has 0 saturated carbocycles. The number of carbonyl (C=O) groups excluding carboxylic acids is 2. The Kier molecular flexibility index (Phi) is 4.30. The van der Waals surface area contributed by atoms with Gasteiger partial charge in [0.1, 0.15) is 0 Å². The van der Waals surface area contributed by atoms with E-state index in [0.29, 0.717) is 16.8 Å². The Hall–Kier alpha value is -2.77. The molecule has 0 atom stereocenters. The fraction of sp³-hybridized carbons (Fsp3) is 0.182. The predicted molar refractivity (Wildman–Crippen MR) is 67.4 cm³/mol. The highest BCUT2D eigenvalue weighted by molar-refractivity contribution is 6.34. The van der Waals surface area contributed by atoms with Gasteiger partial charge < -0.3 is 5.73 Å². The molecule has 0 heterocycles. The monoisotopic (exact) mass is 264 g/mol. The van der Waals surface area contributed by atoms with E-state index in [9.17, 15) is 19.7 Å². The van der Waals surface area contributed by atoms with Crippen molar-refractivity contribution in [3.8, 4) is 0 Å². The summed E-state index contributed by atoms with van der Waals surface area (Å²) in [4.78, 5) is 31.7. The van der Waals surface area contributed by atoms with Gasteiger partial charge in [-0.1, -0.05) is 12.1 Å². The van der Waals surface area contributed by atoms with Crippen LogP contribution in [0.3, 0.4) is 0 Å². The highest BCUT2D eigenvalue weighted by Crippen LogP contribution is 2.19. The second-order valence-electron chi connectivity index (χ2n) is 3.76. The van der Waals surface area contributed by atoms with E-state index in [4.69, 9.17) is 5.73 Å². The lowest BCUT2D eigenvalue weighted by atomic mass is 10.1. The molecule has 1 aromatic rings. The van der Waals surface area contributed by atoms with E-state index in [1.54, 1.807) is 19.1 Å². The molecule has 2 amide bonds. The summed E-state index contributed by atoms with van der Waals surface area (Å²) in [5.41, 5.74) is 7.93. The zero-order chi connectivity index (χ0) is 14.6. The lowest BCUT2D eigenvalue weighted by Gasteiger charge is -2.03. The summed E-state index contributed by atoms with van der Waals surface area (Å²) in [6.07, 6.45) is 0. The van der Waals surface area contributed by atoms with Crippen LogP contribution in [0.25, 0.3) is 0 Å². The largest absolute Gasteiger partial charge is 0.361 e. The first-order valence-electron chi connectivity index (χ1n) is 5.22. The Balaban J connectivity index is 3.00. The van der Waals surface area contributed by atoms with E-state index in [1.165, 1.54) is 13.0 Å². The quantitative estimate of drug-likeness (QED) is 0.350. The number of rotatable bonds is 3. The minimum absolute atomic E-state index is 0.0479. The maximum Gasteiger partial charge on any atom is 0.329 e. The van der Waals surface area contributed by atoms with Crippen molar-refractivity contribution in [2.24, 2.45) is 10.8 Å². The molecule has 0 radical (unpaired) electrons. The number of nitro benzene ring substituents is 1. The van der Waals surface area contributed by atoms with Gasteiger partial charge in [0.05, 0.1) is 10.6 Å². The maximum absolute atomic E-state index is 10.9. The number of carbonyl (C=O) groups is 2. The molecule has 0 aliphatic rings. The van der Waals surface area contributed by atoms with Gasteiger partial charge in [-0.15, -0.1) is 0 Å². The molecule has 1 aromatic carbocycles. The van der Waals surface area contributed by atoms with Gasteiger partial charge in [-0.3, -0.25) is 19.7 Å². The van der Waals surface area contributed by atoms with E-state index in [2.05, 4.69) is 5.10 Å². The Morgan fingerprint density at radius 2 is 2.05 bits per heavy atom. The van der Waals surface area contributed by atoms with Gasteiger partial charge in [0.2, 0.25) is 0 Å². The Bertz CT molecular complexity index is 580. The third kappa shape index (κ3) is 3.60. The van der Waals surface area contributed by atoms with Crippen molar-refractivity contribution >= 4 is 23.2 Å². The van der Waals surface area contributed by atoms with Gasteiger partial charge in [-0.25, -0.2) is 5.43 Å². The fourth-order valence-corrected chi connectivity index (χ4v) is 1.29. The molecule has 1 rings (SSSR count). The van der Waals surface area contributed by atoms with E-state index in [1.807, 2.05) is 5.43 Å². The van der Waals surface area contributed by atoms with Crippen molar-refractivity contribution < 1.29 is 14.5 Å². The van der Waals surface area contributed by atoms with Crippen LogP contribution in [0, 0.1) is 17.0 Å². The summed E-state index contributed by atoms with van der Waals surface area (Å²) in [6.45, 7) is 3.15. The van der Waals surface area contributed by atoms with Crippen LogP contribution in [-0.4, -0.2) is 22.4 Å². The van der Waals surface area contributed by atoms with Crippen molar-refractivity contribution in [1.29, 1.82) is 0 Å². The molecule has 0 saturated heterocycles. The highest BCUT2D eigenvalue weighted by atomic mass is 16.6. The van der Waals surface area contributed by atoms with Crippen LogP contribution in [0.1, 0.15) is 18.1 Å². The Morgan fingerprint density at radius 1 is 1.42 bits per heavy atom. The van der Waals surface area contributed by atoms with Crippen molar-refractivity contribution in [2.45, 2.75) is 13.8 Å². The second-order valence-corrected chi connectivity index (χ2v) is 3.76. The van der Waals surface area contributed by atoms with Crippen LogP contribution in [0.5, 0.6) is 0 Å². The first-order valence-corrected chi connectivity index (χ1v) is 5.22. The van der Waals surface area contributed by atoms with Crippen molar-refractivity contribution in [3.05, 3.63) is 39.4 Å². The third-order valence-corrected chi connectivity index (χ3v) is 2.37. The van der Waals surface area contributed by atoms with Gasteiger partial charge in [-0.05, 0) is 13.8 Å². The average molecular weight is 264 g/mol. The fourth-order valence-electron chi connectivity index (χ4n) is 1.29. The predicted octanol–water partition coefficient (Wildman–Crippen LogP) is 0.229. The van der Waals surface area contributed by atoms with Gasteiger partial charge >= 0.3 is 11.8 Å². The molecular formula is C11H12N4O4. The van der Waals surface area contributed by atoms with E-state index in [-0.39, 0.29) is 5.69 Å². The number of benzene rings is 1. The minimum Gasteiger partial charge on any atom is -0.361 e. The molecule has 0 aliphatic carbocycles. The number of nitrogens with one attached hydrogen (secondary N) is 1. The summed E-state index contributed by atoms with van der Waals surface area (Å²) >= 11 is 0. The number of nitrogens with two attached hydrogens (primary N) is 1. The molecular weight excluding hydrogens is 252 g/mol. The maximum atomic E-state index is 10.9. The van der Waals surface area contributed by atoms with Gasteiger partial charge in [0.15, 0.2) is 0 Å². The molecule has 0 bridgehead atoms. The molecule has 100 valence electrons. The number of primary amides is 1. The van der Waals surface area contributed by atoms with Gasteiger partial charge in [-0.2, -0.15) is 5.10 Å². The smallest absolute Gasteiger partial charge is 0.329 e. The van der Waals surface area contributed by atoms with Gasteiger partial charge in [0, 0.05) is 17.2 Å². The first kappa shape index (κ1) is 14.3. The van der Waals surface area contributed by atoms with Crippen LogP contribution in [0.4, 0.5) is 5.69 Å². The molecule has 8 nitrogen and oxygen atoms in total. The van der Waals surface area contributed by atoms with Crippen LogP contribution in [0.2, 0.25) is 0 Å². The molecule has 0 aliphatic heterocycles. The zero-order valence-corrected chi connectivity index (χ0v) is 10.3. The number of aryl methyl sites for hydroxylation is 1. The molecule has 8 heteroatoms. The Morgan fingerprint density at radius 3 is 2.58 bits per heavy atom. The van der Waals surface area contributed by atoms with Crippen LogP contribution in [-0.2, 0) is 9.59 Å². The number of hydrogen-bond acceptors (Lipinski definition) is 5. The second kappa shape index (κ2) is 5.71. The average Bonchev–Trinajstić information content (AvgIpc) is 2.35. The van der Waals surface area contributed by atoms with Gasteiger partial charge in [0.25, 0.3) is 5.69 Å². The summed E-state index contributed by atoms with van der Waals surface area (Å²) in [5.74, 6) is -2.22. The Labute approximate surface area is 108 Å². The van der Waals surface area contributed by atoms with Crippen molar-refractivity contribution in [2.75, 3.05) is 0 Å². The van der Waals surface area contributed by atoms with Crippen molar-refractivity contribution in [3.63, 3.8) is 0 Å². The van der Waals surface area contributed by atoms with E-state index < -0.39 is 16.7 Å². The molecule has 3 N–H and O–H groups in total. The minimum atomic E-state index is -1.16. The molecule has 19 heavy (non-hydrogen) atoms.